The molecule has 0 saturated heterocycles. The molecule has 1 aliphatic rings. The Bertz CT molecular complexity index is 469. The van der Waals surface area contributed by atoms with Crippen LogP contribution in [0.25, 0.3) is 0 Å². The van der Waals surface area contributed by atoms with Crippen LogP contribution in [-0.2, 0) is 11.3 Å². The molecule has 0 atom stereocenters. The quantitative estimate of drug-likeness (QED) is 0.903. The van der Waals surface area contributed by atoms with E-state index in [0.29, 0.717) is 23.2 Å². The van der Waals surface area contributed by atoms with Gasteiger partial charge in [-0.2, -0.15) is 5.10 Å². The monoisotopic (exact) mass is 315 g/mol. The Kier molecular flexibility index (Phi) is 4.40. The highest BCUT2D eigenvalue weighted by Crippen LogP contribution is 2.28. The molecular weight excluding hydrogens is 298 g/mol. The number of aromatic nitrogens is 2. The zero-order chi connectivity index (χ0) is 13.1. The highest BCUT2D eigenvalue weighted by molar-refractivity contribution is 9.10. The van der Waals surface area contributed by atoms with Gasteiger partial charge in [-0.15, -0.1) is 0 Å². The van der Waals surface area contributed by atoms with Crippen LogP contribution in [0.4, 0.5) is 5.69 Å². The molecule has 6 heteroatoms. The average Bonchev–Trinajstić information content (AvgIpc) is 2.32. The smallest absolute Gasteiger partial charge is 0.283 e. The first-order valence-electron chi connectivity index (χ1n) is 6.20. The molecule has 18 heavy (non-hydrogen) atoms. The highest BCUT2D eigenvalue weighted by Gasteiger charge is 2.29. The number of rotatable bonds is 5. The third-order valence-electron chi connectivity index (χ3n) is 3.21. The van der Waals surface area contributed by atoms with Crippen molar-refractivity contribution in [2.75, 3.05) is 12.4 Å². The van der Waals surface area contributed by atoms with Crippen molar-refractivity contribution in [1.82, 2.24) is 9.78 Å². The Balaban J connectivity index is 2.06. The molecule has 1 aromatic heterocycles. The highest BCUT2D eigenvalue weighted by atomic mass is 79.9. The van der Waals surface area contributed by atoms with Gasteiger partial charge in [-0.3, -0.25) is 4.79 Å². The first-order chi connectivity index (χ1) is 8.65. The van der Waals surface area contributed by atoms with E-state index in [4.69, 9.17) is 4.74 Å². The van der Waals surface area contributed by atoms with Gasteiger partial charge in [0.05, 0.1) is 18.0 Å². The SMILES string of the molecule is CCCn1ncc(NC2CC(OC)C2)c(Br)c1=O. The van der Waals surface area contributed by atoms with Gasteiger partial charge in [0, 0.05) is 19.7 Å². The molecule has 0 unspecified atom stereocenters. The number of methoxy groups -OCH3 is 1. The number of hydrogen-bond donors (Lipinski definition) is 1. The average molecular weight is 316 g/mol. The van der Waals surface area contributed by atoms with E-state index >= 15 is 0 Å². The molecule has 1 aliphatic carbocycles. The number of hydrogen-bond acceptors (Lipinski definition) is 4. The van der Waals surface area contributed by atoms with Crippen LogP contribution in [0, 0.1) is 0 Å². The van der Waals surface area contributed by atoms with Crippen LogP contribution >= 0.6 is 15.9 Å². The lowest BCUT2D eigenvalue weighted by atomic mass is 9.89. The van der Waals surface area contributed by atoms with E-state index in [1.807, 2.05) is 6.92 Å². The molecule has 100 valence electrons. The van der Waals surface area contributed by atoms with E-state index in [-0.39, 0.29) is 5.56 Å². The fraction of sp³-hybridized carbons (Fsp3) is 0.667. The summed E-state index contributed by atoms with van der Waals surface area (Å²) in [4.78, 5) is 12.0. The lowest BCUT2D eigenvalue weighted by Crippen LogP contribution is -2.40. The van der Waals surface area contributed by atoms with E-state index in [2.05, 4.69) is 26.3 Å². The third kappa shape index (κ3) is 2.75. The maximum atomic E-state index is 12.0. The fourth-order valence-corrected chi connectivity index (χ4v) is 2.45. The van der Waals surface area contributed by atoms with E-state index < -0.39 is 0 Å². The minimum Gasteiger partial charge on any atom is -0.381 e. The zero-order valence-corrected chi connectivity index (χ0v) is 12.2. The maximum Gasteiger partial charge on any atom is 0.283 e. The van der Waals surface area contributed by atoms with Crippen molar-refractivity contribution in [2.45, 2.75) is 44.9 Å². The second-order valence-electron chi connectivity index (χ2n) is 4.57. The normalized spacial score (nSPS) is 22.6. The van der Waals surface area contributed by atoms with Gasteiger partial charge in [0.25, 0.3) is 5.56 Å². The second kappa shape index (κ2) is 5.84. The number of nitrogens with zero attached hydrogens (tertiary/aromatic N) is 2. The Labute approximate surface area is 115 Å². The van der Waals surface area contributed by atoms with Crippen LogP contribution in [0.15, 0.2) is 15.5 Å². The fourth-order valence-electron chi connectivity index (χ4n) is 2.03. The Morgan fingerprint density at radius 3 is 2.94 bits per heavy atom. The molecular formula is C12H18BrN3O2. The lowest BCUT2D eigenvalue weighted by Gasteiger charge is -2.35. The predicted octanol–water partition coefficient (Wildman–Crippen LogP) is 2.01. The summed E-state index contributed by atoms with van der Waals surface area (Å²) in [6.45, 7) is 2.67. The van der Waals surface area contributed by atoms with E-state index in [1.54, 1.807) is 13.3 Å². The van der Waals surface area contributed by atoms with Crippen molar-refractivity contribution >= 4 is 21.6 Å². The molecule has 2 rings (SSSR count). The molecule has 5 nitrogen and oxygen atoms in total. The summed E-state index contributed by atoms with van der Waals surface area (Å²) in [7, 11) is 1.73. The summed E-state index contributed by atoms with van der Waals surface area (Å²) in [5.41, 5.74) is 0.691. The van der Waals surface area contributed by atoms with Crippen molar-refractivity contribution in [3.63, 3.8) is 0 Å². The van der Waals surface area contributed by atoms with Gasteiger partial charge in [0.1, 0.15) is 4.47 Å². The number of ether oxygens (including phenoxy) is 1. The zero-order valence-electron chi connectivity index (χ0n) is 10.6. The van der Waals surface area contributed by atoms with E-state index in [1.165, 1.54) is 4.68 Å². The minimum absolute atomic E-state index is 0.0792. The Morgan fingerprint density at radius 2 is 2.33 bits per heavy atom. The lowest BCUT2D eigenvalue weighted by molar-refractivity contribution is 0.0328. The summed E-state index contributed by atoms with van der Waals surface area (Å²) < 4.78 is 7.27. The molecule has 1 N–H and O–H groups in total. The van der Waals surface area contributed by atoms with Crippen molar-refractivity contribution in [1.29, 1.82) is 0 Å². The largest absolute Gasteiger partial charge is 0.381 e. The molecule has 1 aromatic rings. The van der Waals surface area contributed by atoms with Crippen LogP contribution in [0.2, 0.25) is 0 Å². The molecule has 0 radical (unpaired) electrons. The standard InChI is InChI=1S/C12H18BrN3O2/c1-3-4-16-12(17)11(13)10(7-14-16)15-8-5-9(6-8)18-2/h7-9,15H,3-6H2,1-2H3. The van der Waals surface area contributed by atoms with Crippen molar-refractivity contribution in [3.8, 4) is 0 Å². The molecule has 0 aromatic carbocycles. The van der Waals surface area contributed by atoms with Crippen LogP contribution < -0.4 is 10.9 Å². The number of nitrogens with one attached hydrogen (secondary N) is 1. The van der Waals surface area contributed by atoms with Gasteiger partial charge >= 0.3 is 0 Å². The van der Waals surface area contributed by atoms with Crippen molar-refractivity contribution in [2.24, 2.45) is 0 Å². The van der Waals surface area contributed by atoms with Gasteiger partial charge in [-0.05, 0) is 35.2 Å². The maximum absolute atomic E-state index is 12.0. The predicted molar refractivity (Wildman–Crippen MR) is 73.9 cm³/mol. The van der Waals surface area contributed by atoms with Crippen molar-refractivity contribution < 1.29 is 4.74 Å². The third-order valence-corrected chi connectivity index (χ3v) is 3.97. The molecule has 1 heterocycles. The first-order valence-corrected chi connectivity index (χ1v) is 7.00. The first kappa shape index (κ1) is 13.5. The van der Waals surface area contributed by atoms with Crippen molar-refractivity contribution in [3.05, 3.63) is 21.0 Å². The molecule has 1 saturated carbocycles. The number of halogens is 1. The molecule has 0 spiro atoms. The van der Waals surface area contributed by atoms with Gasteiger partial charge in [-0.1, -0.05) is 6.92 Å². The van der Waals surface area contributed by atoms with E-state index in [0.717, 1.165) is 24.9 Å². The van der Waals surface area contributed by atoms with Crippen LogP contribution in [-0.4, -0.2) is 29.0 Å². The van der Waals surface area contributed by atoms with Crippen LogP contribution in [0.1, 0.15) is 26.2 Å². The molecule has 0 bridgehead atoms. The van der Waals surface area contributed by atoms with E-state index in [9.17, 15) is 4.79 Å². The summed E-state index contributed by atoms with van der Waals surface area (Å²) in [6, 6.07) is 0.370. The van der Waals surface area contributed by atoms with Crippen LogP contribution in [0.5, 0.6) is 0 Å². The second-order valence-corrected chi connectivity index (χ2v) is 5.36. The summed E-state index contributed by atoms with van der Waals surface area (Å²) in [5, 5.41) is 7.48. The van der Waals surface area contributed by atoms with Gasteiger partial charge in [-0.25, -0.2) is 4.68 Å². The Morgan fingerprint density at radius 1 is 1.61 bits per heavy atom. The van der Waals surface area contributed by atoms with Gasteiger partial charge in [0.2, 0.25) is 0 Å². The molecule has 0 amide bonds. The topological polar surface area (TPSA) is 56.1 Å². The summed E-state index contributed by atoms with van der Waals surface area (Å²) in [5.74, 6) is 0. The summed E-state index contributed by atoms with van der Waals surface area (Å²) >= 11 is 3.35. The Hall–Kier alpha value is -0.880. The van der Waals surface area contributed by atoms with Gasteiger partial charge in [0.15, 0.2) is 0 Å². The molecule has 0 aliphatic heterocycles. The van der Waals surface area contributed by atoms with Crippen LogP contribution in [0.3, 0.4) is 0 Å². The summed E-state index contributed by atoms with van der Waals surface area (Å²) in [6.07, 6.45) is 4.89. The number of anilines is 1. The van der Waals surface area contributed by atoms with Gasteiger partial charge < -0.3 is 10.1 Å². The molecule has 1 fully saturated rings. The number of aryl methyl sites for hydroxylation is 1. The minimum atomic E-state index is -0.0792.